The fraction of sp³-hybridized carbons (Fsp3) is 0.778. The number of rotatable bonds is 8. The molecule has 35 heavy (non-hydrogen) atoms. The van der Waals surface area contributed by atoms with Crippen molar-refractivity contribution in [2.75, 3.05) is 13.2 Å². The van der Waals surface area contributed by atoms with E-state index in [1.54, 1.807) is 0 Å². The molecule has 6 rings (SSSR count). The Morgan fingerprint density at radius 1 is 0.857 bits per heavy atom. The zero-order chi connectivity index (χ0) is 23.6. The second-order valence-corrected chi connectivity index (χ2v) is 10.5. The molecular formula is C27H38O8. The fourth-order valence-electron chi connectivity index (χ4n) is 6.42. The number of hydrogen-bond donors (Lipinski definition) is 1. The largest absolute Gasteiger partial charge is 0.451 e. The zero-order valence-electron chi connectivity index (χ0n) is 20.3. The summed E-state index contributed by atoms with van der Waals surface area (Å²) in [6.07, 6.45) is 7.69. The van der Waals surface area contributed by atoms with Crippen molar-refractivity contribution in [3.8, 4) is 11.5 Å². The standard InChI is InChI=1S/C27H38O8/c28-24-15-18-17(7-5-12-26-32-19-8-1-2-9-20(19)33-26)22(16-23(18)31-24)35-27-21(10-6-14-30-27)34-25-11-3-4-13-29-25/h1-2,8-9,17-18,21-28H,3-7,10-16H2/t17-,18-,21-,22-,23+,24?,25?,27?/m1/s1. The van der Waals surface area contributed by atoms with Gasteiger partial charge in [0.05, 0.1) is 12.2 Å². The highest BCUT2D eigenvalue weighted by Gasteiger charge is 2.51. The van der Waals surface area contributed by atoms with Gasteiger partial charge in [-0.15, -0.1) is 0 Å². The lowest BCUT2D eigenvalue weighted by Crippen LogP contribution is -2.44. The molecule has 1 aromatic carbocycles. The van der Waals surface area contributed by atoms with Gasteiger partial charge in [-0.25, -0.2) is 0 Å². The summed E-state index contributed by atoms with van der Waals surface area (Å²) in [5.41, 5.74) is 0. The van der Waals surface area contributed by atoms with E-state index < -0.39 is 6.29 Å². The van der Waals surface area contributed by atoms with Crippen LogP contribution in [0, 0.1) is 11.8 Å². The van der Waals surface area contributed by atoms with E-state index in [1.165, 1.54) is 0 Å². The van der Waals surface area contributed by atoms with Crippen LogP contribution >= 0.6 is 0 Å². The predicted molar refractivity (Wildman–Crippen MR) is 125 cm³/mol. The van der Waals surface area contributed by atoms with Gasteiger partial charge in [-0.1, -0.05) is 12.1 Å². The van der Waals surface area contributed by atoms with Crippen LogP contribution in [-0.2, 0) is 23.7 Å². The Bertz CT molecular complexity index is 804. The van der Waals surface area contributed by atoms with E-state index in [1.807, 2.05) is 24.3 Å². The van der Waals surface area contributed by atoms with Crippen molar-refractivity contribution in [3.63, 3.8) is 0 Å². The van der Waals surface area contributed by atoms with Crippen molar-refractivity contribution in [2.45, 2.75) is 108 Å². The third kappa shape index (κ3) is 5.48. The van der Waals surface area contributed by atoms with E-state index in [-0.39, 0.29) is 43.1 Å². The number of aliphatic hydroxyl groups is 1. The average Bonchev–Trinajstić information content (AvgIpc) is 3.53. The van der Waals surface area contributed by atoms with Crippen LogP contribution in [0.25, 0.3) is 0 Å². The van der Waals surface area contributed by atoms with Crippen LogP contribution in [-0.4, -0.2) is 61.8 Å². The molecule has 194 valence electrons. The van der Waals surface area contributed by atoms with Crippen LogP contribution in [0.4, 0.5) is 0 Å². The molecule has 4 fully saturated rings. The Morgan fingerprint density at radius 2 is 1.69 bits per heavy atom. The molecule has 4 heterocycles. The Morgan fingerprint density at radius 3 is 2.49 bits per heavy atom. The highest BCUT2D eigenvalue weighted by atomic mass is 16.7. The van der Waals surface area contributed by atoms with Crippen molar-refractivity contribution < 1.29 is 38.3 Å². The van der Waals surface area contributed by atoms with Gasteiger partial charge < -0.3 is 38.3 Å². The minimum absolute atomic E-state index is 0.0154. The molecule has 8 atom stereocenters. The quantitative estimate of drug-likeness (QED) is 0.582. The summed E-state index contributed by atoms with van der Waals surface area (Å²) in [5, 5.41) is 10.1. The average molecular weight is 491 g/mol. The number of ether oxygens (including phenoxy) is 7. The van der Waals surface area contributed by atoms with Gasteiger partial charge in [0, 0.05) is 32.5 Å². The first-order valence-corrected chi connectivity index (χ1v) is 13.5. The van der Waals surface area contributed by atoms with Gasteiger partial charge in [-0.2, -0.15) is 0 Å². The second kappa shape index (κ2) is 10.9. The highest BCUT2D eigenvalue weighted by molar-refractivity contribution is 5.41. The molecule has 0 aromatic heterocycles. The Labute approximate surface area is 207 Å². The van der Waals surface area contributed by atoms with Crippen molar-refractivity contribution in [3.05, 3.63) is 24.3 Å². The highest BCUT2D eigenvalue weighted by Crippen LogP contribution is 2.47. The summed E-state index contributed by atoms with van der Waals surface area (Å²) in [5.74, 6) is 2.21. The van der Waals surface area contributed by atoms with E-state index in [0.717, 1.165) is 75.9 Å². The monoisotopic (exact) mass is 490 g/mol. The molecule has 4 aliphatic heterocycles. The van der Waals surface area contributed by atoms with Crippen molar-refractivity contribution in [2.24, 2.45) is 11.8 Å². The molecule has 0 spiro atoms. The predicted octanol–water partition coefficient (Wildman–Crippen LogP) is 4.13. The van der Waals surface area contributed by atoms with Crippen LogP contribution in [0.3, 0.4) is 0 Å². The van der Waals surface area contributed by atoms with Crippen molar-refractivity contribution in [1.82, 2.24) is 0 Å². The summed E-state index contributed by atoms with van der Waals surface area (Å²) >= 11 is 0. The first kappa shape index (κ1) is 23.9. The molecule has 1 aliphatic carbocycles. The minimum Gasteiger partial charge on any atom is -0.451 e. The summed E-state index contributed by atoms with van der Waals surface area (Å²) < 4.78 is 42.6. The molecule has 1 aromatic rings. The number of aliphatic hydroxyl groups excluding tert-OH is 1. The third-order valence-corrected chi connectivity index (χ3v) is 8.11. The van der Waals surface area contributed by atoms with Gasteiger partial charge in [0.1, 0.15) is 6.10 Å². The molecule has 3 unspecified atom stereocenters. The van der Waals surface area contributed by atoms with Gasteiger partial charge in [0.2, 0.25) is 6.29 Å². The van der Waals surface area contributed by atoms with Crippen LogP contribution in [0.5, 0.6) is 11.5 Å². The number of fused-ring (bicyclic) bond motifs is 2. The van der Waals surface area contributed by atoms with Gasteiger partial charge in [0.25, 0.3) is 0 Å². The Kier molecular flexibility index (Phi) is 7.46. The summed E-state index contributed by atoms with van der Waals surface area (Å²) in [7, 11) is 0. The number of para-hydroxylation sites is 2. The van der Waals surface area contributed by atoms with Gasteiger partial charge in [-0.05, 0) is 68.9 Å². The first-order valence-electron chi connectivity index (χ1n) is 13.5. The van der Waals surface area contributed by atoms with Crippen LogP contribution in [0.2, 0.25) is 0 Å². The summed E-state index contributed by atoms with van der Waals surface area (Å²) in [4.78, 5) is 0. The number of benzene rings is 1. The lowest BCUT2D eigenvalue weighted by Gasteiger charge is -2.37. The molecule has 1 saturated carbocycles. The molecule has 8 heteroatoms. The van der Waals surface area contributed by atoms with E-state index in [2.05, 4.69) is 0 Å². The van der Waals surface area contributed by atoms with Crippen LogP contribution < -0.4 is 9.47 Å². The van der Waals surface area contributed by atoms with Crippen LogP contribution in [0.1, 0.15) is 64.2 Å². The van der Waals surface area contributed by atoms with E-state index in [9.17, 15) is 5.11 Å². The SMILES string of the molecule is OC1C[C@@H]2[C@@H](CCCC3Oc4ccccc4O3)[C@H](OC3OCCC[C@H]3OC3CCCCO3)C[C@@H]2O1. The molecule has 8 nitrogen and oxygen atoms in total. The minimum atomic E-state index is -0.671. The molecular weight excluding hydrogens is 452 g/mol. The molecule has 1 N–H and O–H groups in total. The van der Waals surface area contributed by atoms with Gasteiger partial charge >= 0.3 is 0 Å². The van der Waals surface area contributed by atoms with Gasteiger partial charge in [-0.3, -0.25) is 0 Å². The summed E-state index contributed by atoms with van der Waals surface area (Å²) in [6.45, 7) is 1.45. The Balaban J connectivity index is 1.06. The molecule has 3 saturated heterocycles. The Hall–Kier alpha value is -1.42. The molecule has 0 radical (unpaired) electrons. The van der Waals surface area contributed by atoms with Crippen molar-refractivity contribution >= 4 is 0 Å². The normalized spacial score (nSPS) is 39.1. The third-order valence-electron chi connectivity index (χ3n) is 8.11. The van der Waals surface area contributed by atoms with Crippen LogP contribution in [0.15, 0.2) is 24.3 Å². The van der Waals surface area contributed by atoms with E-state index >= 15 is 0 Å². The topological polar surface area (TPSA) is 84.8 Å². The second-order valence-electron chi connectivity index (χ2n) is 10.5. The van der Waals surface area contributed by atoms with Gasteiger partial charge in [0.15, 0.2) is 30.4 Å². The number of hydrogen-bond acceptors (Lipinski definition) is 8. The maximum atomic E-state index is 10.1. The smallest absolute Gasteiger partial charge is 0.241 e. The molecule has 5 aliphatic rings. The lowest BCUT2D eigenvalue weighted by molar-refractivity contribution is -0.290. The van der Waals surface area contributed by atoms with Crippen molar-refractivity contribution in [1.29, 1.82) is 0 Å². The summed E-state index contributed by atoms with van der Waals surface area (Å²) in [6, 6.07) is 7.81. The first-order chi connectivity index (χ1) is 17.2. The van der Waals surface area contributed by atoms with E-state index in [0.29, 0.717) is 18.9 Å². The zero-order valence-corrected chi connectivity index (χ0v) is 20.3. The molecule has 0 amide bonds. The fourth-order valence-corrected chi connectivity index (χ4v) is 6.42. The van der Waals surface area contributed by atoms with E-state index in [4.69, 9.17) is 33.2 Å². The maximum absolute atomic E-state index is 10.1. The maximum Gasteiger partial charge on any atom is 0.241 e. The molecule has 0 bridgehead atoms. The lowest BCUT2D eigenvalue weighted by atomic mass is 9.87.